The van der Waals surface area contributed by atoms with E-state index in [1.165, 1.54) is 11.3 Å². The average Bonchev–Trinajstić information content (AvgIpc) is 2.58. The van der Waals surface area contributed by atoms with Crippen molar-refractivity contribution in [2.45, 2.75) is 0 Å². The van der Waals surface area contributed by atoms with E-state index in [2.05, 4.69) is 30.6 Å². The third kappa shape index (κ3) is 1.35. The molecule has 2 rings (SSSR count). The van der Waals surface area contributed by atoms with E-state index < -0.39 is 0 Å². The van der Waals surface area contributed by atoms with Gasteiger partial charge in [-0.25, -0.2) is 0 Å². The molecule has 0 amide bonds. The number of nitrogens with two attached hydrogens (primary N) is 1. The van der Waals surface area contributed by atoms with E-state index in [1.54, 1.807) is 0 Å². The van der Waals surface area contributed by atoms with Gasteiger partial charge in [0.2, 0.25) is 5.82 Å². The van der Waals surface area contributed by atoms with Gasteiger partial charge in [-0.1, -0.05) is 5.16 Å². The maximum Gasteiger partial charge on any atom is 0.319 e. The fraction of sp³-hybridized carbons (Fsp3) is 0. The molecule has 6 heteroatoms. The standard InChI is InChI=1S/C6H4BrN3OS/c7-4-2-1-3(12-4)5-9-6(8)11-10-5/h1-2H,(H2,8,9,10). The molecule has 0 atom stereocenters. The first kappa shape index (κ1) is 7.75. The van der Waals surface area contributed by atoms with E-state index in [0.29, 0.717) is 5.82 Å². The van der Waals surface area contributed by atoms with Gasteiger partial charge in [-0.15, -0.1) is 11.3 Å². The van der Waals surface area contributed by atoms with Crippen LogP contribution in [0.1, 0.15) is 0 Å². The Morgan fingerprint density at radius 3 is 2.83 bits per heavy atom. The second kappa shape index (κ2) is 2.87. The molecule has 2 aromatic rings. The molecule has 4 nitrogen and oxygen atoms in total. The van der Waals surface area contributed by atoms with Gasteiger partial charge in [0.15, 0.2) is 0 Å². The highest BCUT2D eigenvalue weighted by molar-refractivity contribution is 9.11. The summed E-state index contributed by atoms with van der Waals surface area (Å²) in [6.45, 7) is 0. The summed E-state index contributed by atoms with van der Waals surface area (Å²) in [5, 5.41) is 3.68. The second-order valence-corrected chi connectivity index (χ2v) is 4.52. The Bertz CT molecular complexity index is 359. The number of halogens is 1. The lowest BCUT2D eigenvalue weighted by atomic mass is 10.4. The number of nitrogen functional groups attached to an aromatic ring is 1. The first-order valence-corrected chi connectivity index (χ1v) is 4.71. The van der Waals surface area contributed by atoms with Gasteiger partial charge in [0, 0.05) is 0 Å². The largest absolute Gasteiger partial charge is 0.351 e. The predicted octanol–water partition coefficient (Wildman–Crippen LogP) is 2.14. The lowest BCUT2D eigenvalue weighted by molar-refractivity contribution is 0.437. The van der Waals surface area contributed by atoms with Crippen LogP contribution in [-0.2, 0) is 0 Å². The molecule has 0 aromatic carbocycles. The Kier molecular flexibility index (Phi) is 1.86. The Morgan fingerprint density at radius 2 is 2.33 bits per heavy atom. The van der Waals surface area contributed by atoms with Gasteiger partial charge in [-0.05, 0) is 28.1 Å². The van der Waals surface area contributed by atoms with Crippen LogP contribution in [0.4, 0.5) is 6.01 Å². The van der Waals surface area contributed by atoms with E-state index >= 15 is 0 Å². The summed E-state index contributed by atoms with van der Waals surface area (Å²) < 4.78 is 5.66. The predicted molar refractivity (Wildman–Crippen MR) is 49.7 cm³/mol. The minimum atomic E-state index is 0.0922. The highest BCUT2D eigenvalue weighted by atomic mass is 79.9. The molecule has 0 spiro atoms. The number of hydrogen-bond donors (Lipinski definition) is 1. The summed E-state index contributed by atoms with van der Waals surface area (Å²) in [7, 11) is 0. The molecule has 12 heavy (non-hydrogen) atoms. The van der Waals surface area contributed by atoms with E-state index in [-0.39, 0.29) is 6.01 Å². The van der Waals surface area contributed by atoms with Gasteiger partial charge in [-0.2, -0.15) is 4.98 Å². The molecular formula is C6H4BrN3OS. The Balaban J connectivity index is 2.43. The third-order valence-electron chi connectivity index (χ3n) is 1.24. The van der Waals surface area contributed by atoms with Crippen molar-refractivity contribution in [3.63, 3.8) is 0 Å². The molecule has 2 aromatic heterocycles. The van der Waals surface area contributed by atoms with E-state index in [9.17, 15) is 0 Å². The molecule has 2 heterocycles. The van der Waals surface area contributed by atoms with E-state index in [0.717, 1.165) is 8.66 Å². The van der Waals surface area contributed by atoms with E-state index in [4.69, 9.17) is 5.73 Å². The van der Waals surface area contributed by atoms with Gasteiger partial charge in [0.1, 0.15) is 0 Å². The van der Waals surface area contributed by atoms with E-state index in [1.807, 2.05) is 12.1 Å². The number of nitrogens with zero attached hydrogens (tertiary/aromatic N) is 2. The molecule has 0 radical (unpaired) electrons. The number of aromatic nitrogens is 2. The summed E-state index contributed by atoms with van der Waals surface area (Å²) >= 11 is 4.87. The molecule has 0 aliphatic carbocycles. The van der Waals surface area contributed by atoms with Crippen LogP contribution >= 0.6 is 27.3 Å². The van der Waals surface area contributed by atoms with Crippen molar-refractivity contribution in [1.29, 1.82) is 0 Å². The number of hydrogen-bond acceptors (Lipinski definition) is 5. The fourth-order valence-electron chi connectivity index (χ4n) is 0.770. The average molecular weight is 246 g/mol. The molecule has 62 valence electrons. The van der Waals surface area contributed by atoms with Crippen LogP contribution in [0, 0.1) is 0 Å². The summed E-state index contributed by atoms with van der Waals surface area (Å²) in [5.74, 6) is 0.531. The summed E-state index contributed by atoms with van der Waals surface area (Å²) in [5.41, 5.74) is 5.28. The SMILES string of the molecule is Nc1nc(-c2ccc(Br)s2)no1. The van der Waals surface area contributed by atoms with Crippen LogP contribution in [0.2, 0.25) is 0 Å². The maximum absolute atomic E-state index is 5.28. The van der Waals surface area contributed by atoms with Crippen molar-refractivity contribution in [1.82, 2.24) is 10.1 Å². The highest BCUT2D eigenvalue weighted by Crippen LogP contribution is 2.29. The van der Waals surface area contributed by atoms with Gasteiger partial charge in [0.05, 0.1) is 8.66 Å². The molecule has 2 N–H and O–H groups in total. The molecule has 0 bridgehead atoms. The van der Waals surface area contributed by atoms with Gasteiger partial charge >= 0.3 is 6.01 Å². The Hall–Kier alpha value is -0.880. The van der Waals surface area contributed by atoms with Crippen molar-refractivity contribution in [2.75, 3.05) is 5.73 Å². The third-order valence-corrected chi connectivity index (χ3v) is 2.85. The molecule has 0 aliphatic rings. The van der Waals surface area contributed by atoms with Crippen LogP contribution in [0.15, 0.2) is 20.4 Å². The molecule has 0 fully saturated rings. The highest BCUT2D eigenvalue weighted by Gasteiger charge is 2.07. The van der Waals surface area contributed by atoms with Crippen molar-refractivity contribution >= 4 is 33.3 Å². The normalized spacial score (nSPS) is 10.4. The first-order chi connectivity index (χ1) is 5.75. The van der Waals surface area contributed by atoms with Gasteiger partial charge < -0.3 is 10.3 Å². The second-order valence-electron chi connectivity index (χ2n) is 2.06. The molecule has 0 unspecified atom stereocenters. The van der Waals surface area contributed by atoms with Crippen molar-refractivity contribution in [3.8, 4) is 10.7 Å². The van der Waals surface area contributed by atoms with Crippen LogP contribution < -0.4 is 5.73 Å². The first-order valence-electron chi connectivity index (χ1n) is 3.10. The van der Waals surface area contributed by atoms with Crippen molar-refractivity contribution in [2.24, 2.45) is 0 Å². The zero-order valence-corrected chi connectivity index (χ0v) is 8.22. The van der Waals surface area contributed by atoms with Crippen molar-refractivity contribution < 1.29 is 4.52 Å². The van der Waals surface area contributed by atoms with Crippen LogP contribution in [0.25, 0.3) is 10.7 Å². The molecular weight excluding hydrogens is 242 g/mol. The lowest BCUT2D eigenvalue weighted by Gasteiger charge is -1.81. The minimum absolute atomic E-state index is 0.0922. The molecule has 0 saturated heterocycles. The molecule has 0 aliphatic heterocycles. The topological polar surface area (TPSA) is 64.9 Å². The lowest BCUT2D eigenvalue weighted by Crippen LogP contribution is -1.81. The number of anilines is 1. The van der Waals surface area contributed by atoms with Gasteiger partial charge in [0.25, 0.3) is 0 Å². The Labute approximate surface area is 80.5 Å². The fourth-order valence-corrected chi connectivity index (χ4v) is 2.08. The zero-order valence-electron chi connectivity index (χ0n) is 5.82. The van der Waals surface area contributed by atoms with Crippen LogP contribution in [-0.4, -0.2) is 10.1 Å². The van der Waals surface area contributed by atoms with Crippen LogP contribution in [0.5, 0.6) is 0 Å². The molecule has 0 saturated carbocycles. The minimum Gasteiger partial charge on any atom is -0.351 e. The number of rotatable bonds is 1. The van der Waals surface area contributed by atoms with Crippen LogP contribution in [0.3, 0.4) is 0 Å². The summed E-state index contributed by atoms with van der Waals surface area (Å²) in [4.78, 5) is 4.82. The van der Waals surface area contributed by atoms with Crippen molar-refractivity contribution in [3.05, 3.63) is 15.9 Å². The zero-order chi connectivity index (χ0) is 8.55. The smallest absolute Gasteiger partial charge is 0.319 e. The summed E-state index contributed by atoms with van der Waals surface area (Å²) in [6, 6.07) is 3.92. The Morgan fingerprint density at radius 1 is 1.50 bits per heavy atom. The quantitative estimate of drug-likeness (QED) is 0.837. The van der Waals surface area contributed by atoms with Gasteiger partial charge in [-0.3, -0.25) is 0 Å². The number of thiophene rings is 1. The maximum atomic E-state index is 5.28. The monoisotopic (exact) mass is 245 g/mol. The summed E-state index contributed by atoms with van der Waals surface area (Å²) in [6.07, 6.45) is 0.